The van der Waals surface area contributed by atoms with Gasteiger partial charge in [-0.1, -0.05) is 0 Å². The van der Waals surface area contributed by atoms with Crippen molar-refractivity contribution in [3.63, 3.8) is 0 Å². The van der Waals surface area contributed by atoms with E-state index in [2.05, 4.69) is 20.4 Å². The number of anilines is 3. The third-order valence-corrected chi connectivity index (χ3v) is 6.85. The first-order chi connectivity index (χ1) is 16.6. The van der Waals surface area contributed by atoms with Gasteiger partial charge in [0.1, 0.15) is 5.75 Å². The zero-order valence-corrected chi connectivity index (χ0v) is 19.8. The highest BCUT2D eigenvalue weighted by Crippen LogP contribution is 2.40. The van der Waals surface area contributed by atoms with Crippen molar-refractivity contribution < 1.29 is 19.4 Å². The molecule has 182 valence electrons. The fraction of sp³-hybridized carbons (Fsp3) is 0.500. The number of amides is 1. The summed E-state index contributed by atoms with van der Waals surface area (Å²) in [6.45, 7) is 8.57. The van der Waals surface area contributed by atoms with E-state index in [0.717, 1.165) is 92.8 Å². The number of morpholine rings is 1. The smallest absolute Gasteiger partial charge is 0.265 e. The predicted molar refractivity (Wildman–Crippen MR) is 133 cm³/mol. The molecule has 2 fully saturated rings. The van der Waals surface area contributed by atoms with Crippen LogP contribution in [0.5, 0.6) is 5.75 Å². The van der Waals surface area contributed by atoms with Crippen LogP contribution in [0, 0.1) is 0 Å². The normalized spacial score (nSPS) is 21.4. The number of hydrogen-bond acceptors (Lipinski definition) is 7. The molecule has 8 heteroatoms. The van der Waals surface area contributed by atoms with Crippen molar-refractivity contribution in [2.75, 3.05) is 67.6 Å². The Bertz CT molecular complexity index is 999. The number of aliphatic hydroxyl groups is 1. The van der Waals surface area contributed by atoms with E-state index in [0.29, 0.717) is 6.42 Å². The van der Waals surface area contributed by atoms with Crippen molar-refractivity contribution in [2.45, 2.75) is 32.0 Å². The first kappa shape index (κ1) is 23.0. The highest BCUT2D eigenvalue weighted by molar-refractivity contribution is 5.95. The van der Waals surface area contributed by atoms with Crippen LogP contribution in [0.1, 0.15) is 30.6 Å². The average Bonchev–Trinajstić information content (AvgIpc) is 2.89. The molecule has 5 rings (SSSR count). The largest absolute Gasteiger partial charge is 0.478 e. The number of hydrogen-bond donors (Lipinski definition) is 3. The molecule has 3 aliphatic rings. The molecular weight excluding hydrogens is 432 g/mol. The molecule has 1 amide bonds. The van der Waals surface area contributed by atoms with Crippen molar-refractivity contribution in [1.82, 2.24) is 5.32 Å². The zero-order chi connectivity index (χ0) is 23.5. The SMILES string of the molecule is CC(O)c1cc2c(c(N3CCNCC3)c1)OC(C(=O)Nc1ccc(N3CCOCC3)cc1)CC2. The van der Waals surface area contributed by atoms with Crippen molar-refractivity contribution in [3.05, 3.63) is 47.5 Å². The molecule has 0 aliphatic carbocycles. The molecular formula is C26H34N4O4. The number of nitrogens with one attached hydrogen (secondary N) is 2. The van der Waals surface area contributed by atoms with E-state index in [1.165, 1.54) is 0 Å². The van der Waals surface area contributed by atoms with E-state index in [1.807, 2.05) is 36.4 Å². The molecule has 0 radical (unpaired) electrons. The summed E-state index contributed by atoms with van der Waals surface area (Å²) in [5.74, 6) is 0.649. The summed E-state index contributed by atoms with van der Waals surface area (Å²) in [4.78, 5) is 17.7. The molecule has 2 atom stereocenters. The summed E-state index contributed by atoms with van der Waals surface area (Å²) in [7, 11) is 0. The Balaban J connectivity index is 1.30. The van der Waals surface area contributed by atoms with Crippen molar-refractivity contribution in [2.24, 2.45) is 0 Å². The van der Waals surface area contributed by atoms with Crippen molar-refractivity contribution in [1.29, 1.82) is 0 Å². The van der Waals surface area contributed by atoms with Crippen LogP contribution in [0.2, 0.25) is 0 Å². The predicted octanol–water partition coefficient (Wildman–Crippen LogP) is 2.32. The Morgan fingerprint density at radius 1 is 1.09 bits per heavy atom. The first-order valence-electron chi connectivity index (χ1n) is 12.3. The van der Waals surface area contributed by atoms with Crippen LogP contribution < -0.4 is 25.2 Å². The number of nitrogens with zero attached hydrogens (tertiary/aromatic N) is 2. The van der Waals surface area contributed by atoms with Gasteiger partial charge >= 0.3 is 0 Å². The van der Waals surface area contributed by atoms with Crippen LogP contribution >= 0.6 is 0 Å². The number of piperazine rings is 1. The Morgan fingerprint density at radius 3 is 2.53 bits per heavy atom. The van der Waals surface area contributed by atoms with Gasteiger partial charge in [-0.15, -0.1) is 0 Å². The number of carbonyl (C=O) groups is 1. The van der Waals surface area contributed by atoms with Gasteiger partial charge in [-0.05, 0) is 67.3 Å². The summed E-state index contributed by atoms with van der Waals surface area (Å²) >= 11 is 0. The molecule has 0 bridgehead atoms. The minimum atomic E-state index is -0.550. The van der Waals surface area contributed by atoms with E-state index in [9.17, 15) is 9.90 Å². The van der Waals surface area contributed by atoms with Crippen LogP contribution in [-0.4, -0.2) is 69.6 Å². The van der Waals surface area contributed by atoms with Gasteiger partial charge in [-0.2, -0.15) is 0 Å². The number of benzene rings is 2. The number of aliphatic hydroxyl groups excluding tert-OH is 1. The summed E-state index contributed by atoms with van der Waals surface area (Å²) in [6.07, 6.45) is 0.247. The summed E-state index contributed by atoms with van der Waals surface area (Å²) in [6, 6.07) is 12.0. The maximum absolute atomic E-state index is 13.1. The van der Waals surface area contributed by atoms with E-state index >= 15 is 0 Å². The molecule has 2 aromatic rings. The number of aryl methyl sites for hydroxylation is 1. The van der Waals surface area contributed by atoms with Crippen LogP contribution in [-0.2, 0) is 16.0 Å². The number of fused-ring (bicyclic) bond motifs is 1. The van der Waals surface area contributed by atoms with Gasteiger partial charge in [-0.3, -0.25) is 4.79 Å². The highest BCUT2D eigenvalue weighted by atomic mass is 16.5. The molecule has 34 heavy (non-hydrogen) atoms. The molecule has 0 saturated carbocycles. The Morgan fingerprint density at radius 2 is 1.82 bits per heavy atom. The average molecular weight is 467 g/mol. The molecule has 8 nitrogen and oxygen atoms in total. The first-order valence-corrected chi connectivity index (χ1v) is 12.3. The maximum atomic E-state index is 13.1. The lowest BCUT2D eigenvalue weighted by Crippen LogP contribution is -2.44. The van der Waals surface area contributed by atoms with Gasteiger partial charge < -0.3 is 35.0 Å². The summed E-state index contributed by atoms with van der Waals surface area (Å²) < 4.78 is 11.7. The van der Waals surface area contributed by atoms with Crippen molar-refractivity contribution in [3.8, 4) is 5.75 Å². The maximum Gasteiger partial charge on any atom is 0.265 e. The van der Waals surface area contributed by atoms with Crippen molar-refractivity contribution >= 4 is 23.0 Å². The molecule has 3 N–H and O–H groups in total. The Hall–Kier alpha value is -2.81. The second-order valence-corrected chi connectivity index (χ2v) is 9.22. The van der Waals surface area contributed by atoms with Crippen LogP contribution in [0.25, 0.3) is 0 Å². The van der Waals surface area contributed by atoms with Gasteiger partial charge in [0.05, 0.1) is 25.0 Å². The molecule has 0 spiro atoms. The van der Waals surface area contributed by atoms with Gasteiger partial charge in [0, 0.05) is 50.6 Å². The van der Waals surface area contributed by atoms with Crippen LogP contribution in [0.15, 0.2) is 36.4 Å². The Labute approximate surface area is 200 Å². The van der Waals surface area contributed by atoms with Gasteiger partial charge in [0.25, 0.3) is 5.91 Å². The quantitative estimate of drug-likeness (QED) is 0.624. The van der Waals surface area contributed by atoms with E-state index in [1.54, 1.807) is 6.92 Å². The van der Waals surface area contributed by atoms with Crippen LogP contribution in [0.4, 0.5) is 17.1 Å². The van der Waals surface area contributed by atoms with Crippen LogP contribution in [0.3, 0.4) is 0 Å². The summed E-state index contributed by atoms with van der Waals surface area (Å²) in [5.41, 5.74) is 4.83. The van der Waals surface area contributed by atoms with E-state index < -0.39 is 12.2 Å². The van der Waals surface area contributed by atoms with Gasteiger partial charge in [-0.25, -0.2) is 0 Å². The lowest BCUT2D eigenvalue weighted by atomic mass is 9.96. The minimum Gasteiger partial charge on any atom is -0.478 e. The second kappa shape index (κ2) is 10.2. The van der Waals surface area contributed by atoms with E-state index in [4.69, 9.17) is 9.47 Å². The molecule has 2 saturated heterocycles. The minimum absolute atomic E-state index is 0.129. The molecule has 2 unspecified atom stereocenters. The zero-order valence-electron chi connectivity index (χ0n) is 19.8. The molecule has 0 aromatic heterocycles. The Kier molecular flexibility index (Phi) is 6.89. The van der Waals surface area contributed by atoms with E-state index in [-0.39, 0.29) is 5.91 Å². The third kappa shape index (κ3) is 4.99. The second-order valence-electron chi connectivity index (χ2n) is 9.22. The number of carbonyl (C=O) groups excluding carboxylic acids is 1. The molecule has 3 heterocycles. The fourth-order valence-electron chi connectivity index (χ4n) is 4.87. The summed E-state index contributed by atoms with van der Waals surface area (Å²) in [5, 5.41) is 16.6. The highest BCUT2D eigenvalue weighted by Gasteiger charge is 2.30. The monoisotopic (exact) mass is 466 g/mol. The molecule has 3 aliphatic heterocycles. The topological polar surface area (TPSA) is 86.3 Å². The fourth-order valence-corrected chi connectivity index (χ4v) is 4.87. The number of ether oxygens (including phenoxy) is 2. The number of rotatable bonds is 5. The lowest BCUT2D eigenvalue weighted by molar-refractivity contribution is -0.123. The molecule has 2 aromatic carbocycles. The van der Waals surface area contributed by atoms with Gasteiger partial charge in [0.2, 0.25) is 0 Å². The standard InChI is InChI=1S/C26H34N4O4/c1-18(31)20-16-19-2-7-24(34-25(19)23(17-20)30-10-8-27-9-11-30)26(32)28-21-3-5-22(6-4-21)29-12-14-33-15-13-29/h3-6,16-18,24,27,31H,2,7-15H2,1H3,(H,28,32). The van der Waals surface area contributed by atoms with Gasteiger partial charge in [0.15, 0.2) is 6.10 Å². The lowest BCUT2D eigenvalue weighted by Gasteiger charge is -2.35. The third-order valence-electron chi connectivity index (χ3n) is 6.85.